The Labute approximate surface area is 99.0 Å². The first-order valence-electron chi connectivity index (χ1n) is 5.88. The molecule has 14 heavy (non-hydrogen) atoms. The fourth-order valence-corrected chi connectivity index (χ4v) is 3.80. The molecule has 0 spiro atoms. The van der Waals surface area contributed by atoms with Gasteiger partial charge < -0.3 is 0 Å². The van der Waals surface area contributed by atoms with Gasteiger partial charge in [-0.15, -0.1) is 0 Å². The van der Waals surface area contributed by atoms with Crippen molar-refractivity contribution in [3.05, 3.63) is 0 Å². The van der Waals surface area contributed by atoms with Crippen LogP contribution in [-0.4, -0.2) is 21.5 Å². The first-order valence-corrected chi connectivity index (χ1v) is 7.88. The summed E-state index contributed by atoms with van der Waals surface area (Å²) < 4.78 is 0. The zero-order valence-corrected chi connectivity index (χ0v) is 12.0. The average Bonchev–Trinajstić information content (AvgIpc) is 2.17. The van der Waals surface area contributed by atoms with E-state index in [1.165, 1.54) is 25.0 Å². The second-order valence-electron chi connectivity index (χ2n) is 3.99. The SMILES string of the molecule is CCCCSC(C)C(C)SC(C)CC. The van der Waals surface area contributed by atoms with Gasteiger partial charge in [0.2, 0.25) is 0 Å². The molecule has 3 unspecified atom stereocenters. The molecule has 0 nitrogen and oxygen atoms in total. The summed E-state index contributed by atoms with van der Waals surface area (Å²) in [5.41, 5.74) is 0. The predicted molar refractivity (Wildman–Crippen MR) is 73.6 cm³/mol. The number of hydrogen-bond acceptors (Lipinski definition) is 2. The Balaban J connectivity index is 3.58. The minimum Gasteiger partial charge on any atom is -0.158 e. The van der Waals surface area contributed by atoms with Crippen molar-refractivity contribution in [3.63, 3.8) is 0 Å². The normalized spacial score (nSPS) is 17.8. The van der Waals surface area contributed by atoms with E-state index in [4.69, 9.17) is 0 Å². The molecule has 0 radical (unpaired) electrons. The molecule has 0 amide bonds. The second-order valence-corrected chi connectivity index (χ2v) is 7.30. The van der Waals surface area contributed by atoms with E-state index < -0.39 is 0 Å². The Morgan fingerprint density at radius 1 is 1.00 bits per heavy atom. The van der Waals surface area contributed by atoms with Crippen LogP contribution in [-0.2, 0) is 0 Å². The highest BCUT2D eigenvalue weighted by Crippen LogP contribution is 2.28. The highest BCUT2D eigenvalue weighted by atomic mass is 32.2. The molecule has 0 aliphatic rings. The van der Waals surface area contributed by atoms with Crippen molar-refractivity contribution >= 4 is 23.5 Å². The molecule has 0 aromatic carbocycles. The van der Waals surface area contributed by atoms with E-state index in [2.05, 4.69) is 58.1 Å². The van der Waals surface area contributed by atoms with E-state index in [-0.39, 0.29) is 0 Å². The summed E-state index contributed by atoms with van der Waals surface area (Å²) in [5, 5.41) is 2.42. The maximum absolute atomic E-state index is 2.38. The van der Waals surface area contributed by atoms with Gasteiger partial charge in [-0.2, -0.15) is 23.5 Å². The molecule has 0 aliphatic heterocycles. The van der Waals surface area contributed by atoms with E-state index in [9.17, 15) is 0 Å². The lowest BCUT2D eigenvalue weighted by atomic mass is 10.3. The molecule has 3 atom stereocenters. The predicted octanol–water partition coefficient (Wildman–Crippen LogP) is 4.83. The van der Waals surface area contributed by atoms with Gasteiger partial charge in [-0.25, -0.2) is 0 Å². The third-order valence-electron chi connectivity index (χ3n) is 2.56. The van der Waals surface area contributed by atoms with Gasteiger partial charge >= 0.3 is 0 Å². The van der Waals surface area contributed by atoms with Crippen LogP contribution < -0.4 is 0 Å². The Kier molecular flexibility index (Phi) is 9.41. The summed E-state index contributed by atoms with van der Waals surface area (Å²) in [4.78, 5) is 0. The molecule has 0 heterocycles. The lowest BCUT2D eigenvalue weighted by Gasteiger charge is -2.21. The Morgan fingerprint density at radius 2 is 1.64 bits per heavy atom. The van der Waals surface area contributed by atoms with Crippen LogP contribution in [0.4, 0.5) is 0 Å². The smallest absolute Gasteiger partial charge is 0.0138 e. The van der Waals surface area contributed by atoms with E-state index in [0.717, 1.165) is 15.7 Å². The molecule has 0 N–H and O–H groups in total. The summed E-state index contributed by atoms with van der Waals surface area (Å²) in [6.07, 6.45) is 3.99. The minimum atomic E-state index is 0.798. The molecule has 0 aliphatic carbocycles. The third-order valence-corrected chi connectivity index (χ3v) is 5.83. The van der Waals surface area contributed by atoms with Crippen molar-refractivity contribution in [1.29, 1.82) is 0 Å². The first kappa shape index (κ1) is 14.7. The molecule has 86 valence electrons. The van der Waals surface area contributed by atoms with Crippen LogP contribution in [0.2, 0.25) is 0 Å². The monoisotopic (exact) mass is 234 g/mol. The Hall–Kier alpha value is 0.700. The Morgan fingerprint density at radius 3 is 2.14 bits per heavy atom. The van der Waals surface area contributed by atoms with E-state index in [1.54, 1.807) is 0 Å². The highest BCUT2D eigenvalue weighted by molar-refractivity contribution is 8.04. The van der Waals surface area contributed by atoms with Gasteiger partial charge in [0.25, 0.3) is 0 Å². The number of hydrogen-bond donors (Lipinski definition) is 0. The minimum absolute atomic E-state index is 0.798. The number of rotatable bonds is 8. The van der Waals surface area contributed by atoms with Crippen LogP contribution in [0.5, 0.6) is 0 Å². The van der Waals surface area contributed by atoms with Crippen LogP contribution in [0.25, 0.3) is 0 Å². The van der Waals surface area contributed by atoms with Crippen LogP contribution in [0.15, 0.2) is 0 Å². The molecule has 0 saturated carbocycles. The molecular weight excluding hydrogens is 208 g/mol. The van der Waals surface area contributed by atoms with E-state index in [1.807, 2.05) is 0 Å². The summed E-state index contributed by atoms with van der Waals surface area (Å²) in [6.45, 7) is 11.6. The van der Waals surface area contributed by atoms with Crippen molar-refractivity contribution in [3.8, 4) is 0 Å². The Bertz CT molecular complexity index is 125. The van der Waals surface area contributed by atoms with Crippen molar-refractivity contribution in [2.45, 2.75) is 69.6 Å². The summed E-state index contributed by atoms with van der Waals surface area (Å²) >= 11 is 4.29. The molecule has 0 aromatic heterocycles. The number of unbranched alkanes of at least 4 members (excludes halogenated alkanes) is 1. The van der Waals surface area contributed by atoms with Crippen molar-refractivity contribution in [2.24, 2.45) is 0 Å². The molecular formula is C12H26S2. The van der Waals surface area contributed by atoms with Gasteiger partial charge in [-0.1, -0.05) is 41.0 Å². The molecule has 0 rings (SSSR count). The lowest BCUT2D eigenvalue weighted by Crippen LogP contribution is -2.16. The maximum atomic E-state index is 2.38. The zero-order chi connectivity index (χ0) is 11.0. The zero-order valence-electron chi connectivity index (χ0n) is 10.4. The molecule has 0 fully saturated rings. The summed E-state index contributed by atoms with van der Waals surface area (Å²) in [7, 11) is 0. The van der Waals surface area contributed by atoms with Crippen LogP contribution in [0.3, 0.4) is 0 Å². The van der Waals surface area contributed by atoms with Gasteiger partial charge in [0.05, 0.1) is 0 Å². The third kappa shape index (κ3) is 7.05. The highest BCUT2D eigenvalue weighted by Gasteiger charge is 2.15. The molecule has 0 aromatic rings. The average molecular weight is 234 g/mol. The second kappa shape index (κ2) is 8.96. The van der Waals surface area contributed by atoms with E-state index >= 15 is 0 Å². The number of thioether (sulfide) groups is 2. The van der Waals surface area contributed by atoms with Crippen LogP contribution >= 0.6 is 23.5 Å². The summed E-state index contributed by atoms with van der Waals surface area (Å²) in [5.74, 6) is 1.34. The fourth-order valence-electron chi connectivity index (χ4n) is 1.12. The van der Waals surface area contributed by atoms with Gasteiger partial charge in [0.1, 0.15) is 0 Å². The van der Waals surface area contributed by atoms with Gasteiger partial charge in [0.15, 0.2) is 0 Å². The van der Waals surface area contributed by atoms with Crippen LogP contribution in [0, 0.1) is 0 Å². The standard InChI is InChI=1S/C12H26S2/c1-6-8-9-13-11(4)12(5)14-10(3)7-2/h10-12H,6-9H2,1-5H3. The molecule has 0 saturated heterocycles. The van der Waals surface area contributed by atoms with Gasteiger partial charge in [-0.05, 0) is 18.6 Å². The summed E-state index contributed by atoms with van der Waals surface area (Å²) in [6, 6.07) is 0. The van der Waals surface area contributed by atoms with Crippen molar-refractivity contribution in [2.75, 3.05) is 5.75 Å². The topological polar surface area (TPSA) is 0 Å². The fraction of sp³-hybridized carbons (Fsp3) is 1.00. The first-order chi connectivity index (χ1) is 6.61. The van der Waals surface area contributed by atoms with Crippen molar-refractivity contribution in [1.82, 2.24) is 0 Å². The van der Waals surface area contributed by atoms with Crippen molar-refractivity contribution < 1.29 is 0 Å². The van der Waals surface area contributed by atoms with Gasteiger partial charge in [-0.3, -0.25) is 0 Å². The maximum Gasteiger partial charge on any atom is 0.0138 e. The molecule has 2 heteroatoms. The van der Waals surface area contributed by atoms with Crippen LogP contribution in [0.1, 0.15) is 53.9 Å². The largest absolute Gasteiger partial charge is 0.158 e. The van der Waals surface area contributed by atoms with Gasteiger partial charge in [0, 0.05) is 15.7 Å². The lowest BCUT2D eigenvalue weighted by molar-refractivity contribution is 0.860. The van der Waals surface area contributed by atoms with E-state index in [0.29, 0.717) is 0 Å². The quantitative estimate of drug-likeness (QED) is 0.552. The molecule has 0 bridgehead atoms.